The van der Waals surface area contributed by atoms with Crippen LogP contribution in [0.2, 0.25) is 0 Å². The summed E-state index contributed by atoms with van der Waals surface area (Å²) in [6.45, 7) is -2.72. The maximum atomic E-state index is 13.6. The van der Waals surface area contributed by atoms with E-state index in [0.717, 1.165) is 4.57 Å². The molecule has 1 N–H and O–H groups in total. The number of halogens is 2. The molecule has 2 aromatic heterocycles. The molecule has 2 aromatic carbocycles. The molecule has 0 saturated heterocycles. The van der Waals surface area contributed by atoms with Crippen LogP contribution in [0.25, 0.3) is 22.4 Å². The van der Waals surface area contributed by atoms with E-state index < -0.39 is 6.55 Å². The number of nitrogens with one attached hydrogen (secondary N) is 1. The lowest BCUT2D eigenvalue weighted by Crippen LogP contribution is -2.13. The van der Waals surface area contributed by atoms with Crippen molar-refractivity contribution in [1.29, 1.82) is 0 Å². The Morgan fingerprint density at radius 3 is 2.55 bits per heavy atom. The van der Waals surface area contributed by atoms with E-state index in [1.165, 1.54) is 11.8 Å². The van der Waals surface area contributed by atoms with E-state index >= 15 is 0 Å². The molecule has 0 aliphatic rings. The highest BCUT2D eigenvalue weighted by Gasteiger charge is 2.19. The van der Waals surface area contributed by atoms with Crippen molar-refractivity contribution in [2.45, 2.75) is 11.6 Å². The van der Waals surface area contributed by atoms with Crippen molar-refractivity contribution in [3.63, 3.8) is 0 Å². The first-order valence-corrected chi connectivity index (χ1v) is 9.97. The molecule has 4 aromatic rings. The van der Waals surface area contributed by atoms with E-state index in [4.69, 9.17) is 0 Å². The summed E-state index contributed by atoms with van der Waals surface area (Å²) in [5.41, 5.74) is 2.43. The minimum Gasteiger partial charge on any atom is -0.322 e. The van der Waals surface area contributed by atoms with Crippen LogP contribution in [0, 0.1) is 0 Å². The van der Waals surface area contributed by atoms with Gasteiger partial charge in [0.25, 0.3) is 5.91 Å². The van der Waals surface area contributed by atoms with Gasteiger partial charge >= 0.3 is 6.55 Å². The zero-order valence-corrected chi connectivity index (χ0v) is 16.2. The number of aromatic nitrogens is 3. The molecule has 1 amide bonds. The predicted molar refractivity (Wildman–Crippen MR) is 110 cm³/mol. The fourth-order valence-electron chi connectivity index (χ4n) is 3.07. The molecule has 0 unspecified atom stereocenters. The van der Waals surface area contributed by atoms with E-state index in [9.17, 15) is 13.6 Å². The molecule has 0 aliphatic heterocycles. The number of alkyl halides is 2. The number of rotatable bonds is 5. The molecular weight excluding hydrogens is 394 g/mol. The van der Waals surface area contributed by atoms with Crippen LogP contribution in [0.15, 0.2) is 71.9 Å². The van der Waals surface area contributed by atoms with Gasteiger partial charge in [-0.15, -0.1) is 11.8 Å². The molecule has 0 fully saturated rings. The normalized spacial score (nSPS) is 11.2. The van der Waals surface area contributed by atoms with Crippen LogP contribution in [-0.4, -0.2) is 26.7 Å². The summed E-state index contributed by atoms with van der Waals surface area (Å²) in [5.74, 6) is -0.106. The van der Waals surface area contributed by atoms with Crippen molar-refractivity contribution in [3.05, 3.63) is 72.4 Å². The minimum absolute atomic E-state index is 0.177. The predicted octanol–water partition coefficient (Wildman–Crippen LogP) is 5.47. The Bertz CT molecular complexity index is 1170. The lowest BCUT2D eigenvalue weighted by molar-refractivity contribution is 0.0764. The number of carbonyl (C=O) groups is 1. The minimum atomic E-state index is -2.72. The number of hydrogen-bond donors (Lipinski definition) is 1. The fraction of sp³-hybridized carbons (Fsp3) is 0.0952. The largest absolute Gasteiger partial charge is 0.322 e. The molecule has 0 spiro atoms. The number of nitrogens with zero attached hydrogens (tertiary/aromatic N) is 3. The van der Waals surface area contributed by atoms with Crippen molar-refractivity contribution >= 4 is 34.4 Å². The Labute approximate surface area is 169 Å². The topological polar surface area (TPSA) is 59.8 Å². The van der Waals surface area contributed by atoms with Crippen LogP contribution >= 0.6 is 11.8 Å². The lowest BCUT2D eigenvalue weighted by Gasteiger charge is -2.10. The van der Waals surface area contributed by atoms with Crippen LogP contribution in [0.1, 0.15) is 16.9 Å². The second-order valence-electron chi connectivity index (χ2n) is 6.16. The number of hydrogen-bond acceptors (Lipinski definition) is 4. The third-order valence-electron chi connectivity index (χ3n) is 4.40. The van der Waals surface area contributed by atoms with E-state index in [0.29, 0.717) is 32.9 Å². The van der Waals surface area contributed by atoms with Gasteiger partial charge in [0, 0.05) is 17.4 Å². The Morgan fingerprint density at radius 2 is 1.83 bits per heavy atom. The first-order chi connectivity index (χ1) is 14.1. The van der Waals surface area contributed by atoms with E-state index in [2.05, 4.69) is 15.3 Å². The summed E-state index contributed by atoms with van der Waals surface area (Å²) in [5, 5.41) is 3.44. The molecule has 8 heteroatoms. The van der Waals surface area contributed by atoms with Crippen molar-refractivity contribution in [2.24, 2.45) is 0 Å². The van der Waals surface area contributed by atoms with Crippen LogP contribution in [0.3, 0.4) is 0 Å². The molecule has 29 heavy (non-hydrogen) atoms. The maximum Gasteiger partial charge on any atom is 0.320 e. The average molecular weight is 410 g/mol. The second kappa shape index (κ2) is 8.00. The van der Waals surface area contributed by atoms with E-state index in [1.54, 1.807) is 66.9 Å². The summed E-state index contributed by atoms with van der Waals surface area (Å²) in [4.78, 5) is 21.1. The molecule has 0 radical (unpaired) electrons. The molecule has 0 saturated carbocycles. The first kappa shape index (κ1) is 19.1. The van der Waals surface area contributed by atoms with Crippen molar-refractivity contribution in [2.75, 3.05) is 11.6 Å². The first-order valence-electron chi connectivity index (χ1n) is 8.74. The quantitative estimate of drug-likeness (QED) is 0.444. The standard InChI is InChI=1S/C21H16F2N4OS/c1-29-20-15(5-4-12-24-20)19(28)25-14-10-8-13(9-11-14)18-26-16-6-2-3-7-17(16)27(18)21(22)23/h2-12,21H,1H3,(H,25,28). The smallest absolute Gasteiger partial charge is 0.320 e. The van der Waals surface area contributed by atoms with Crippen LogP contribution in [0.4, 0.5) is 14.5 Å². The Kier molecular flexibility index (Phi) is 5.26. The zero-order chi connectivity index (χ0) is 20.4. The van der Waals surface area contributed by atoms with Crippen LogP contribution in [-0.2, 0) is 0 Å². The van der Waals surface area contributed by atoms with E-state index in [-0.39, 0.29) is 11.7 Å². The SMILES string of the molecule is CSc1ncccc1C(=O)Nc1ccc(-c2nc3ccccc3n2C(F)F)cc1. The molecule has 0 aliphatic carbocycles. The molecule has 0 atom stereocenters. The van der Waals surface area contributed by atoms with Gasteiger partial charge in [-0.3, -0.25) is 9.36 Å². The van der Waals surface area contributed by atoms with Crippen LogP contribution in [0.5, 0.6) is 0 Å². The summed E-state index contributed by atoms with van der Waals surface area (Å²) in [6, 6.07) is 16.8. The zero-order valence-electron chi connectivity index (χ0n) is 15.3. The lowest BCUT2D eigenvalue weighted by atomic mass is 10.2. The third kappa shape index (κ3) is 3.71. The van der Waals surface area contributed by atoms with Crippen molar-refractivity contribution in [3.8, 4) is 11.4 Å². The number of pyridine rings is 1. The third-order valence-corrected chi connectivity index (χ3v) is 5.11. The molecule has 0 bridgehead atoms. The number of fused-ring (bicyclic) bond motifs is 1. The monoisotopic (exact) mass is 410 g/mol. The maximum absolute atomic E-state index is 13.6. The number of benzene rings is 2. The van der Waals surface area contributed by atoms with Crippen molar-refractivity contribution < 1.29 is 13.6 Å². The highest BCUT2D eigenvalue weighted by Crippen LogP contribution is 2.30. The Morgan fingerprint density at radius 1 is 1.07 bits per heavy atom. The molecule has 2 heterocycles. The van der Waals surface area contributed by atoms with E-state index in [1.807, 2.05) is 6.26 Å². The molecule has 146 valence electrons. The number of thioether (sulfide) groups is 1. The van der Waals surface area contributed by atoms with Gasteiger partial charge in [0.05, 0.1) is 16.6 Å². The summed E-state index contributed by atoms with van der Waals surface area (Å²) >= 11 is 1.39. The highest BCUT2D eigenvalue weighted by molar-refractivity contribution is 7.98. The number of anilines is 1. The molecule has 4 rings (SSSR count). The van der Waals surface area contributed by atoms with Crippen molar-refractivity contribution in [1.82, 2.24) is 14.5 Å². The molecular formula is C21H16F2N4OS. The number of para-hydroxylation sites is 2. The number of imidazole rings is 1. The second-order valence-corrected chi connectivity index (χ2v) is 6.96. The van der Waals surface area contributed by atoms with Gasteiger partial charge in [0.1, 0.15) is 10.9 Å². The van der Waals surface area contributed by atoms with Gasteiger partial charge in [0.15, 0.2) is 0 Å². The summed E-state index contributed by atoms with van der Waals surface area (Å²) in [6.07, 6.45) is 3.48. The van der Waals surface area contributed by atoms with Gasteiger partial charge in [-0.25, -0.2) is 9.97 Å². The van der Waals surface area contributed by atoms with Crippen LogP contribution < -0.4 is 5.32 Å². The summed E-state index contributed by atoms with van der Waals surface area (Å²) < 4.78 is 28.2. The highest BCUT2D eigenvalue weighted by atomic mass is 32.2. The summed E-state index contributed by atoms with van der Waals surface area (Å²) in [7, 11) is 0. The van der Waals surface area contributed by atoms with Gasteiger partial charge in [-0.05, 0) is 54.8 Å². The van der Waals surface area contributed by atoms with Gasteiger partial charge in [0.2, 0.25) is 0 Å². The van der Waals surface area contributed by atoms with Gasteiger partial charge in [-0.2, -0.15) is 8.78 Å². The average Bonchev–Trinajstić information content (AvgIpc) is 3.14. The number of carbonyl (C=O) groups excluding carboxylic acids is 1. The number of amides is 1. The molecule has 5 nitrogen and oxygen atoms in total. The van der Waals surface area contributed by atoms with Gasteiger partial charge in [-0.1, -0.05) is 12.1 Å². The Hall–Kier alpha value is -3.26. The fourth-order valence-corrected chi connectivity index (χ4v) is 3.62. The Balaban J connectivity index is 1.63. The van der Waals surface area contributed by atoms with Gasteiger partial charge < -0.3 is 5.32 Å².